The number of likely N-dealkylation sites (tertiary alicyclic amines) is 1. The first-order valence-corrected chi connectivity index (χ1v) is 13.6. The first kappa shape index (κ1) is 22.8. The van der Waals surface area contributed by atoms with Gasteiger partial charge in [0.1, 0.15) is 18.7 Å². The Labute approximate surface area is 216 Å². The molecule has 0 N–H and O–H groups in total. The predicted octanol–water partition coefficient (Wildman–Crippen LogP) is 5.46. The van der Waals surface area contributed by atoms with Crippen molar-refractivity contribution in [3.05, 3.63) is 81.1 Å². The molecule has 0 saturated carbocycles. The van der Waals surface area contributed by atoms with Crippen molar-refractivity contribution in [2.45, 2.75) is 35.5 Å². The Morgan fingerprint density at radius 1 is 1.03 bits per heavy atom. The fourth-order valence-electron chi connectivity index (χ4n) is 4.93. The van der Waals surface area contributed by atoms with Gasteiger partial charge in [0.05, 0.1) is 16.6 Å². The van der Waals surface area contributed by atoms with Crippen LogP contribution in [0.5, 0.6) is 5.75 Å². The summed E-state index contributed by atoms with van der Waals surface area (Å²) in [5, 5.41) is 0.683. The molecule has 6 nitrogen and oxygen atoms in total. The molecule has 1 saturated heterocycles. The third kappa shape index (κ3) is 4.62. The van der Waals surface area contributed by atoms with Gasteiger partial charge in [-0.05, 0) is 61.8 Å². The number of pyridine rings is 1. The van der Waals surface area contributed by atoms with E-state index >= 15 is 0 Å². The first-order chi connectivity index (χ1) is 17.2. The Hall–Kier alpha value is -2.68. The van der Waals surface area contributed by atoms with E-state index in [0.29, 0.717) is 24.0 Å². The third-order valence-corrected chi connectivity index (χ3v) is 8.23. The summed E-state index contributed by atoms with van der Waals surface area (Å²) in [6, 6.07) is 10.3. The number of hydrogen-bond acceptors (Lipinski definition) is 6. The molecule has 0 atom stereocenters. The summed E-state index contributed by atoms with van der Waals surface area (Å²) in [6.07, 6.45) is 11.3. The number of rotatable bonds is 6. The maximum Gasteiger partial charge on any atom is 0.193 e. The van der Waals surface area contributed by atoms with Gasteiger partial charge in [-0.25, -0.2) is 9.97 Å². The molecule has 0 aliphatic carbocycles. The topological polar surface area (TPSA) is 60.3 Å². The predicted molar refractivity (Wildman–Crippen MR) is 142 cm³/mol. The van der Waals surface area contributed by atoms with Crippen molar-refractivity contribution in [1.29, 1.82) is 0 Å². The number of aromatic nitrogens is 3. The number of nitrogens with zero attached hydrogens (tertiary/aromatic N) is 4. The maximum absolute atomic E-state index is 13.7. The Kier molecular flexibility index (Phi) is 6.35. The van der Waals surface area contributed by atoms with E-state index in [2.05, 4.69) is 59.6 Å². The quantitative estimate of drug-likeness (QED) is 0.280. The van der Waals surface area contributed by atoms with Crippen molar-refractivity contribution < 1.29 is 4.74 Å². The minimum atomic E-state index is 0.0295. The molecule has 178 valence electrons. The van der Waals surface area contributed by atoms with Gasteiger partial charge in [0.2, 0.25) is 0 Å². The molecule has 2 aromatic heterocycles. The van der Waals surface area contributed by atoms with E-state index in [4.69, 9.17) is 4.74 Å². The van der Waals surface area contributed by atoms with Crippen LogP contribution >= 0.6 is 27.7 Å². The molecule has 0 bridgehead atoms. The van der Waals surface area contributed by atoms with Gasteiger partial charge in [0.15, 0.2) is 5.43 Å². The summed E-state index contributed by atoms with van der Waals surface area (Å²) >= 11 is 5.30. The second-order valence-electron chi connectivity index (χ2n) is 9.06. The largest absolute Gasteiger partial charge is 0.492 e. The lowest BCUT2D eigenvalue weighted by Crippen LogP contribution is -2.33. The van der Waals surface area contributed by atoms with Gasteiger partial charge in [0.25, 0.3) is 0 Å². The van der Waals surface area contributed by atoms with Crippen molar-refractivity contribution in [2.24, 2.45) is 0 Å². The van der Waals surface area contributed by atoms with Crippen molar-refractivity contribution in [2.75, 3.05) is 26.2 Å². The van der Waals surface area contributed by atoms with Crippen LogP contribution in [0.3, 0.4) is 0 Å². The summed E-state index contributed by atoms with van der Waals surface area (Å²) in [6.45, 7) is 3.82. The fraction of sp³-hybridized carbons (Fsp3) is 0.296. The van der Waals surface area contributed by atoms with E-state index in [-0.39, 0.29) is 5.43 Å². The molecule has 35 heavy (non-hydrogen) atoms. The Bertz CT molecular complexity index is 1450. The van der Waals surface area contributed by atoms with E-state index in [1.54, 1.807) is 24.2 Å². The molecule has 0 radical (unpaired) electrons. The number of hydrogen-bond donors (Lipinski definition) is 0. The zero-order valence-electron chi connectivity index (χ0n) is 19.2. The van der Waals surface area contributed by atoms with Crippen LogP contribution in [0.2, 0.25) is 0 Å². The summed E-state index contributed by atoms with van der Waals surface area (Å²) < 4.78 is 9.37. The van der Waals surface area contributed by atoms with Crippen LogP contribution in [0.25, 0.3) is 16.6 Å². The molecule has 2 aliphatic heterocycles. The van der Waals surface area contributed by atoms with Crippen LogP contribution < -0.4 is 10.2 Å². The normalized spacial score (nSPS) is 15.2. The van der Waals surface area contributed by atoms with Crippen LogP contribution in [-0.4, -0.2) is 45.7 Å². The average molecular weight is 549 g/mol. The maximum atomic E-state index is 13.7. The molecule has 0 unspecified atom stereocenters. The number of halogens is 1. The Morgan fingerprint density at radius 2 is 1.86 bits per heavy atom. The van der Waals surface area contributed by atoms with Crippen LogP contribution in [0, 0.1) is 0 Å². The van der Waals surface area contributed by atoms with Crippen LogP contribution in [0.1, 0.15) is 30.4 Å². The fourth-order valence-corrected chi connectivity index (χ4v) is 6.40. The van der Waals surface area contributed by atoms with Crippen molar-refractivity contribution in [3.8, 4) is 11.4 Å². The molecule has 0 amide bonds. The summed E-state index contributed by atoms with van der Waals surface area (Å²) in [7, 11) is 0. The third-order valence-electron chi connectivity index (χ3n) is 6.64. The van der Waals surface area contributed by atoms with E-state index in [1.165, 1.54) is 25.6 Å². The first-order valence-electron chi connectivity index (χ1n) is 11.9. The van der Waals surface area contributed by atoms with Gasteiger partial charge in [-0.3, -0.25) is 9.69 Å². The molecule has 1 fully saturated rings. The van der Waals surface area contributed by atoms with Gasteiger partial charge < -0.3 is 9.30 Å². The standard InChI is InChI=1S/C27H25BrN4O2S/c28-20-4-5-24-23(11-20)32-16-19(10-18-14-29-17-30-15-18)27(33)22-12-21(13-25(35-24)26(22)32)34-9-8-31-6-2-1-3-7-31/h4-5,11-17H,1-3,6-10H2. The second kappa shape index (κ2) is 9.76. The molecular formula is C27H25BrN4O2S. The van der Waals surface area contributed by atoms with E-state index in [0.717, 1.165) is 56.4 Å². The van der Waals surface area contributed by atoms with Crippen molar-refractivity contribution in [3.63, 3.8) is 0 Å². The van der Waals surface area contributed by atoms with Crippen LogP contribution in [0.15, 0.2) is 74.3 Å². The van der Waals surface area contributed by atoms with Gasteiger partial charge in [-0.2, -0.15) is 0 Å². The number of piperidine rings is 1. The Balaban J connectivity index is 1.42. The number of benzene rings is 2. The highest BCUT2D eigenvalue weighted by Crippen LogP contribution is 2.44. The van der Waals surface area contributed by atoms with E-state index < -0.39 is 0 Å². The number of fused-ring (bicyclic) bond motifs is 2. The average Bonchev–Trinajstić information content (AvgIpc) is 2.88. The summed E-state index contributed by atoms with van der Waals surface area (Å²) in [5.74, 6) is 0.751. The highest BCUT2D eigenvalue weighted by molar-refractivity contribution is 9.10. The monoisotopic (exact) mass is 548 g/mol. The highest BCUT2D eigenvalue weighted by Gasteiger charge is 2.23. The lowest BCUT2D eigenvalue weighted by molar-refractivity contribution is 0.183. The van der Waals surface area contributed by atoms with Crippen LogP contribution in [-0.2, 0) is 6.42 Å². The molecule has 2 aliphatic rings. The Morgan fingerprint density at radius 3 is 2.69 bits per heavy atom. The molecule has 8 heteroatoms. The van der Waals surface area contributed by atoms with Crippen LogP contribution in [0.4, 0.5) is 0 Å². The second-order valence-corrected chi connectivity index (χ2v) is 11.1. The lowest BCUT2D eigenvalue weighted by Gasteiger charge is -2.26. The highest BCUT2D eigenvalue weighted by atomic mass is 79.9. The summed E-state index contributed by atoms with van der Waals surface area (Å²) in [5.41, 5.74) is 3.64. The van der Waals surface area contributed by atoms with Crippen molar-refractivity contribution in [1.82, 2.24) is 19.4 Å². The molecule has 6 rings (SSSR count). The minimum absolute atomic E-state index is 0.0295. The van der Waals surface area contributed by atoms with E-state index in [9.17, 15) is 4.79 Å². The smallest absolute Gasteiger partial charge is 0.193 e. The minimum Gasteiger partial charge on any atom is -0.492 e. The van der Waals surface area contributed by atoms with Gasteiger partial charge >= 0.3 is 0 Å². The molecule has 0 spiro atoms. The molecule has 4 aromatic rings. The van der Waals surface area contributed by atoms with Gasteiger partial charge in [-0.1, -0.05) is 34.1 Å². The summed E-state index contributed by atoms with van der Waals surface area (Å²) in [4.78, 5) is 26.6. The zero-order valence-corrected chi connectivity index (χ0v) is 21.6. The van der Waals surface area contributed by atoms with E-state index in [1.807, 2.05) is 12.3 Å². The SMILES string of the molecule is O=c1c(Cc2cncnc2)cn2c3c(cc(OCCN4CCCCC4)cc13)Sc1ccc(Br)cc1-2. The van der Waals surface area contributed by atoms with Gasteiger partial charge in [-0.15, -0.1) is 0 Å². The molecular weight excluding hydrogens is 524 g/mol. The number of ether oxygens (including phenoxy) is 1. The van der Waals surface area contributed by atoms with Crippen molar-refractivity contribution >= 4 is 38.6 Å². The molecule has 4 heterocycles. The van der Waals surface area contributed by atoms with Gasteiger partial charge in [0, 0.05) is 51.4 Å². The molecule has 2 aromatic carbocycles. The lowest BCUT2D eigenvalue weighted by atomic mass is 10.0. The zero-order chi connectivity index (χ0) is 23.8.